The zero-order chi connectivity index (χ0) is 22.3. The van der Waals surface area contributed by atoms with Crippen LogP contribution in [0.2, 0.25) is 0 Å². The van der Waals surface area contributed by atoms with Gasteiger partial charge in [0.2, 0.25) is 23.6 Å². The van der Waals surface area contributed by atoms with E-state index in [1.807, 2.05) is 30.5 Å². The van der Waals surface area contributed by atoms with E-state index in [1.165, 1.54) is 17.4 Å². The average molecular weight is 448 g/mol. The minimum atomic E-state index is -0.189. The summed E-state index contributed by atoms with van der Waals surface area (Å²) >= 11 is 1.49. The molecule has 2 N–H and O–H groups in total. The van der Waals surface area contributed by atoms with Gasteiger partial charge in [-0.05, 0) is 42.1 Å². The number of hydrogen-bond acceptors (Lipinski definition) is 8. The third kappa shape index (κ3) is 5.19. The maximum Gasteiger partial charge on any atom is 0.248 e. The van der Waals surface area contributed by atoms with Crippen molar-refractivity contribution in [3.05, 3.63) is 66.2 Å². The summed E-state index contributed by atoms with van der Waals surface area (Å²) in [4.78, 5) is 25.2. The molecule has 9 heteroatoms. The monoisotopic (exact) mass is 447 g/mol. The lowest BCUT2D eigenvalue weighted by Crippen LogP contribution is -2.07. The Morgan fingerprint density at radius 2 is 2.06 bits per heavy atom. The Balaban J connectivity index is 1.57. The van der Waals surface area contributed by atoms with Crippen molar-refractivity contribution in [1.82, 2.24) is 15.0 Å². The summed E-state index contributed by atoms with van der Waals surface area (Å²) in [6.07, 6.45) is 5.75. The number of rotatable bonds is 8. The summed E-state index contributed by atoms with van der Waals surface area (Å²) in [5.41, 5.74) is 2.11. The van der Waals surface area contributed by atoms with Crippen LogP contribution in [0.5, 0.6) is 17.5 Å². The van der Waals surface area contributed by atoms with Crippen molar-refractivity contribution >= 4 is 44.8 Å². The molecule has 3 heterocycles. The molecule has 0 spiro atoms. The molecule has 0 bridgehead atoms. The molecular weight excluding hydrogens is 426 g/mol. The van der Waals surface area contributed by atoms with E-state index in [1.54, 1.807) is 43.6 Å². The molecule has 0 fully saturated rings. The quantitative estimate of drug-likeness (QED) is 0.342. The molecule has 0 aliphatic carbocycles. The summed E-state index contributed by atoms with van der Waals surface area (Å²) in [7, 11) is 1.56. The summed E-state index contributed by atoms with van der Waals surface area (Å²) in [6, 6.07) is 12.6. The van der Waals surface area contributed by atoms with Crippen LogP contribution in [0.15, 0.2) is 66.2 Å². The van der Waals surface area contributed by atoms with Gasteiger partial charge in [0.15, 0.2) is 0 Å². The van der Waals surface area contributed by atoms with E-state index in [4.69, 9.17) is 9.47 Å². The second-order valence-corrected chi connectivity index (χ2v) is 7.55. The number of nitrogens with zero attached hydrogens (tertiary/aromatic N) is 3. The summed E-state index contributed by atoms with van der Waals surface area (Å²) < 4.78 is 12.0. The number of thiophene rings is 1. The molecule has 3 aromatic heterocycles. The van der Waals surface area contributed by atoms with E-state index in [0.29, 0.717) is 29.1 Å². The van der Waals surface area contributed by atoms with Gasteiger partial charge in [-0.25, -0.2) is 9.97 Å². The zero-order valence-electron chi connectivity index (χ0n) is 17.5. The molecule has 162 valence electrons. The third-order valence-corrected chi connectivity index (χ3v) is 5.19. The number of benzene rings is 1. The van der Waals surface area contributed by atoms with Crippen LogP contribution in [0.4, 0.5) is 17.3 Å². The normalized spacial score (nSPS) is 10.9. The number of ether oxygens (including phenoxy) is 2. The molecule has 4 aromatic rings. The maximum absolute atomic E-state index is 12.0. The van der Waals surface area contributed by atoms with Crippen molar-refractivity contribution in [2.45, 2.75) is 13.3 Å². The number of carbonyl (C=O) groups excluding carboxylic acids is 1. The van der Waals surface area contributed by atoms with Gasteiger partial charge in [-0.1, -0.05) is 19.1 Å². The third-order valence-electron chi connectivity index (χ3n) is 4.30. The van der Waals surface area contributed by atoms with Crippen molar-refractivity contribution in [3.63, 3.8) is 0 Å². The predicted octanol–water partition coefficient (Wildman–Crippen LogP) is 5.54. The van der Waals surface area contributed by atoms with Crippen molar-refractivity contribution in [2.24, 2.45) is 0 Å². The van der Waals surface area contributed by atoms with Crippen molar-refractivity contribution in [3.8, 4) is 17.5 Å². The number of hydrogen-bond donors (Lipinski definition) is 2. The molecule has 0 saturated carbocycles. The molecule has 0 unspecified atom stereocenters. The lowest BCUT2D eigenvalue weighted by Gasteiger charge is -2.10. The highest BCUT2D eigenvalue weighted by atomic mass is 32.1. The predicted molar refractivity (Wildman–Crippen MR) is 126 cm³/mol. The van der Waals surface area contributed by atoms with Crippen molar-refractivity contribution in [2.75, 3.05) is 17.7 Å². The van der Waals surface area contributed by atoms with E-state index in [9.17, 15) is 4.79 Å². The number of aromatic nitrogens is 3. The number of allylic oxidation sites excluding steroid dienone is 1. The molecule has 8 nitrogen and oxygen atoms in total. The Kier molecular flexibility index (Phi) is 6.57. The first-order valence-electron chi connectivity index (χ1n) is 9.92. The van der Waals surface area contributed by atoms with Crippen LogP contribution in [-0.2, 0) is 4.79 Å². The Morgan fingerprint density at radius 1 is 1.16 bits per heavy atom. The number of amides is 1. The molecule has 4 rings (SSSR count). The Hall–Kier alpha value is -3.98. The van der Waals surface area contributed by atoms with Gasteiger partial charge in [-0.15, -0.1) is 11.3 Å². The van der Waals surface area contributed by atoms with Gasteiger partial charge in [0.25, 0.3) is 0 Å². The molecule has 0 aliphatic rings. The van der Waals surface area contributed by atoms with Gasteiger partial charge < -0.3 is 20.1 Å². The van der Waals surface area contributed by atoms with Gasteiger partial charge in [-0.3, -0.25) is 4.79 Å². The average Bonchev–Trinajstić information content (AvgIpc) is 3.27. The number of fused-ring (bicyclic) bond motifs is 1. The molecule has 32 heavy (non-hydrogen) atoms. The fourth-order valence-corrected chi connectivity index (χ4v) is 3.58. The lowest BCUT2D eigenvalue weighted by molar-refractivity contribution is -0.111. The fraction of sp³-hybridized carbons (Fsp3) is 0.130. The second kappa shape index (κ2) is 9.88. The lowest BCUT2D eigenvalue weighted by atomic mass is 10.3. The van der Waals surface area contributed by atoms with E-state index in [0.717, 1.165) is 22.3 Å². The van der Waals surface area contributed by atoms with Gasteiger partial charge >= 0.3 is 0 Å². The SMILES string of the molecule is CC/C=C/C(=O)Nc1cccc(Oc2nc(Nc3ccc(OC)nc3)nc3ccsc23)c1. The van der Waals surface area contributed by atoms with Gasteiger partial charge in [-0.2, -0.15) is 4.98 Å². The largest absolute Gasteiger partial charge is 0.481 e. The summed E-state index contributed by atoms with van der Waals surface area (Å²) in [5, 5.41) is 7.90. The Labute approximate surface area is 189 Å². The van der Waals surface area contributed by atoms with Crippen LogP contribution < -0.4 is 20.1 Å². The number of anilines is 3. The van der Waals surface area contributed by atoms with Crippen LogP contribution >= 0.6 is 11.3 Å². The van der Waals surface area contributed by atoms with Crippen LogP contribution in [0.3, 0.4) is 0 Å². The molecule has 1 amide bonds. The molecular formula is C23H21N5O3S. The molecule has 0 radical (unpaired) electrons. The smallest absolute Gasteiger partial charge is 0.248 e. The Morgan fingerprint density at radius 3 is 2.84 bits per heavy atom. The van der Waals surface area contributed by atoms with Crippen molar-refractivity contribution < 1.29 is 14.3 Å². The first kappa shape index (κ1) is 21.3. The topological polar surface area (TPSA) is 98.3 Å². The standard InChI is InChI=1S/C23H21N5O3S/c1-3-4-8-19(29)25-15-6-5-7-17(13-15)31-22-21-18(11-12-32-21)27-23(28-22)26-16-9-10-20(30-2)24-14-16/h4-14H,3H2,1-2H3,(H,25,29)(H,26,27,28)/b8-4+. The highest BCUT2D eigenvalue weighted by molar-refractivity contribution is 7.17. The first-order valence-corrected chi connectivity index (χ1v) is 10.8. The minimum absolute atomic E-state index is 0.189. The minimum Gasteiger partial charge on any atom is -0.481 e. The highest BCUT2D eigenvalue weighted by Gasteiger charge is 2.12. The number of methoxy groups -OCH3 is 1. The summed E-state index contributed by atoms with van der Waals surface area (Å²) in [6.45, 7) is 1.97. The molecule has 0 aliphatic heterocycles. The maximum atomic E-state index is 12.0. The van der Waals surface area contributed by atoms with Gasteiger partial charge in [0, 0.05) is 17.8 Å². The Bertz CT molecular complexity index is 1250. The van der Waals surface area contributed by atoms with Crippen molar-refractivity contribution in [1.29, 1.82) is 0 Å². The molecule has 0 saturated heterocycles. The van der Waals surface area contributed by atoms with E-state index in [2.05, 4.69) is 25.6 Å². The van der Waals surface area contributed by atoms with E-state index in [-0.39, 0.29) is 5.91 Å². The number of pyridine rings is 1. The number of nitrogens with one attached hydrogen (secondary N) is 2. The van der Waals surface area contributed by atoms with Gasteiger partial charge in [0.05, 0.1) is 24.5 Å². The van der Waals surface area contributed by atoms with Crippen LogP contribution in [0.1, 0.15) is 13.3 Å². The van der Waals surface area contributed by atoms with Crippen LogP contribution in [0.25, 0.3) is 10.2 Å². The van der Waals surface area contributed by atoms with Crippen LogP contribution in [-0.4, -0.2) is 28.0 Å². The first-order chi connectivity index (χ1) is 15.6. The van der Waals surface area contributed by atoms with Gasteiger partial charge in [0.1, 0.15) is 10.4 Å². The summed E-state index contributed by atoms with van der Waals surface area (Å²) in [5.74, 6) is 1.68. The highest BCUT2D eigenvalue weighted by Crippen LogP contribution is 2.33. The second-order valence-electron chi connectivity index (χ2n) is 6.63. The van der Waals surface area contributed by atoms with E-state index < -0.39 is 0 Å². The molecule has 1 aromatic carbocycles. The van der Waals surface area contributed by atoms with E-state index >= 15 is 0 Å². The fourth-order valence-electron chi connectivity index (χ4n) is 2.82. The number of carbonyl (C=O) groups is 1. The molecule has 0 atom stereocenters. The van der Waals surface area contributed by atoms with Crippen LogP contribution in [0, 0.1) is 0 Å². The zero-order valence-corrected chi connectivity index (χ0v) is 18.3.